The molecule has 0 spiro atoms. The van der Waals surface area contributed by atoms with Crippen molar-refractivity contribution in [2.45, 2.75) is 20.8 Å². The van der Waals surface area contributed by atoms with Gasteiger partial charge >= 0.3 is 0 Å². The molecule has 0 fully saturated rings. The van der Waals surface area contributed by atoms with Crippen LogP contribution in [0.15, 0.2) is 109 Å². The van der Waals surface area contributed by atoms with Crippen LogP contribution in [0.3, 0.4) is 0 Å². The van der Waals surface area contributed by atoms with Gasteiger partial charge in [0, 0.05) is 74.2 Å². The SMILES string of the molecule is Cc1ccc2c(c1)c1cc(-n3c4ccc(C)cc4c4c(-c5cccc6c5c5cc(C)ccc5n6C)cccc43)ccc1n2C. The van der Waals surface area contributed by atoms with Crippen LogP contribution in [0.2, 0.25) is 0 Å². The molecule has 0 saturated carbocycles. The number of aromatic nitrogens is 3. The third-order valence-electron chi connectivity index (χ3n) is 9.83. The van der Waals surface area contributed by atoms with Gasteiger partial charge in [-0.05, 0) is 98.6 Å². The number of fused-ring (bicyclic) bond motifs is 9. The fourth-order valence-electron chi connectivity index (χ4n) is 7.75. The van der Waals surface area contributed by atoms with Crippen molar-refractivity contribution in [1.29, 1.82) is 0 Å². The Balaban J connectivity index is 1.40. The molecule has 0 amide bonds. The van der Waals surface area contributed by atoms with E-state index in [2.05, 4.69) is 158 Å². The summed E-state index contributed by atoms with van der Waals surface area (Å²) in [6.45, 7) is 6.56. The highest BCUT2D eigenvalue weighted by Crippen LogP contribution is 2.43. The van der Waals surface area contributed by atoms with Gasteiger partial charge in [0.25, 0.3) is 0 Å². The maximum Gasteiger partial charge on any atom is 0.0547 e. The van der Waals surface area contributed by atoms with Gasteiger partial charge in [0.05, 0.1) is 11.0 Å². The molecular weight excluding hydrogens is 534 g/mol. The standard InChI is InChI=1S/C41H33N3/c1-24-12-16-34-30(20-24)31-23-27(15-19-35(31)42(34)4)44-37-18-14-26(3)22-33(37)41-29(9-7-11-39(41)44)28-8-6-10-38-40(28)32-21-25(2)13-17-36(32)43(38)5/h6-23H,1-5H3. The molecule has 6 aromatic carbocycles. The van der Waals surface area contributed by atoms with Crippen molar-refractivity contribution in [1.82, 2.24) is 13.7 Å². The second kappa shape index (κ2) is 8.87. The number of nitrogens with zero attached hydrogens (tertiary/aromatic N) is 3. The van der Waals surface area contributed by atoms with Gasteiger partial charge in [-0.1, -0.05) is 59.2 Å². The minimum atomic E-state index is 1.19. The lowest BCUT2D eigenvalue weighted by atomic mass is 9.95. The topological polar surface area (TPSA) is 14.8 Å². The first-order chi connectivity index (χ1) is 21.4. The molecule has 9 rings (SSSR count). The summed E-state index contributed by atoms with van der Waals surface area (Å²) >= 11 is 0. The minimum Gasteiger partial charge on any atom is -0.344 e. The number of hydrogen-bond donors (Lipinski definition) is 0. The van der Waals surface area contributed by atoms with Crippen LogP contribution in [0.5, 0.6) is 0 Å². The summed E-state index contributed by atoms with van der Waals surface area (Å²) in [5.41, 5.74) is 15.1. The summed E-state index contributed by atoms with van der Waals surface area (Å²) in [5.74, 6) is 0. The molecule has 0 atom stereocenters. The van der Waals surface area contributed by atoms with Crippen LogP contribution in [0.25, 0.3) is 82.2 Å². The van der Waals surface area contributed by atoms with E-state index in [9.17, 15) is 0 Å². The molecule has 212 valence electrons. The van der Waals surface area contributed by atoms with Gasteiger partial charge in [0.1, 0.15) is 0 Å². The highest BCUT2D eigenvalue weighted by Gasteiger charge is 2.20. The Morgan fingerprint density at radius 3 is 1.50 bits per heavy atom. The average Bonchev–Trinajstić information content (AvgIpc) is 3.61. The van der Waals surface area contributed by atoms with Crippen LogP contribution < -0.4 is 0 Å². The van der Waals surface area contributed by atoms with Gasteiger partial charge in [-0.15, -0.1) is 0 Å². The molecule has 44 heavy (non-hydrogen) atoms. The van der Waals surface area contributed by atoms with Crippen LogP contribution in [-0.4, -0.2) is 13.7 Å². The third kappa shape index (κ3) is 3.32. The molecule has 3 heterocycles. The number of rotatable bonds is 2. The maximum atomic E-state index is 2.47. The van der Waals surface area contributed by atoms with E-state index in [0.717, 1.165) is 0 Å². The summed E-state index contributed by atoms with van der Waals surface area (Å²) in [5, 5.41) is 7.82. The summed E-state index contributed by atoms with van der Waals surface area (Å²) < 4.78 is 7.12. The average molecular weight is 568 g/mol. The van der Waals surface area contributed by atoms with Crippen molar-refractivity contribution in [2.75, 3.05) is 0 Å². The molecule has 0 bridgehead atoms. The molecule has 0 saturated heterocycles. The van der Waals surface area contributed by atoms with E-state index in [1.165, 1.54) is 98.9 Å². The molecule has 9 aromatic rings. The van der Waals surface area contributed by atoms with Gasteiger partial charge in [-0.25, -0.2) is 0 Å². The second-order valence-corrected chi connectivity index (χ2v) is 12.6. The minimum absolute atomic E-state index is 1.19. The van der Waals surface area contributed by atoms with Crippen molar-refractivity contribution in [3.8, 4) is 16.8 Å². The Hall–Kier alpha value is -5.28. The van der Waals surface area contributed by atoms with E-state index in [4.69, 9.17) is 0 Å². The molecule has 3 aromatic heterocycles. The van der Waals surface area contributed by atoms with Crippen molar-refractivity contribution in [3.05, 3.63) is 126 Å². The van der Waals surface area contributed by atoms with Crippen molar-refractivity contribution in [2.24, 2.45) is 14.1 Å². The van der Waals surface area contributed by atoms with Crippen molar-refractivity contribution in [3.63, 3.8) is 0 Å². The maximum absolute atomic E-state index is 2.47. The first-order valence-corrected chi connectivity index (χ1v) is 15.4. The van der Waals surface area contributed by atoms with Crippen molar-refractivity contribution >= 4 is 65.4 Å². The molecule has 0 aliphatic rings. The van der Waals surface area contributed by atoms with Gasteiger partial charge in [-0.3, -0.25) is 0 Å². The lowest BCUT2D eigenvalue weighted by molar-refractivity contribution is 1.01. The molecule has 3 nitrogen and oxygen atoms in total. The Bertz CT molecular complexity index is 2660. The zero-order valence-electron chi connectivity index (χ0n) is 25.7. The predicted octanol–water partition coefficient (Wildman–Crippen LogP) is 10.7. The highest BCUT2D eigenvalue weighted by atomic mass is 15.0. The summed E-state index contributed by atoms with van der Waals surface area (Å²) in [4.78, 5) is 0. The Morgan fingerprint density at radius 1 is 0.386 bits per heavy atom. The van der Waals surface area contributed by atoms with Crippen LogP contribution in [0, 0.1) is 20.8 Å². The smallest absolute Gasteiger partial charge is 0.0547 e. The molecular formula is C41H33N3. The predicted molar refractivity (Wildman–Crippen MR) is 188 cm³/mol. The Kier molecular flexibility index (Phi) is 5.09. The van der Waals surface area contributed by atoms with E-state index >= 15 is 0 Å². The van der Waals surface area contributed by atoms with Crippen LogP contribution in [0.1, 0.15) is 16.7 Å². The molecule has 0 N–H and O–H groups in total. The number of hydrogen-bond acceptors (Lipinski definition) is 0. The largest absolute Gasteiger partial charge is 0.344 e. The monoisotopic (exact) mass is 567 g/mol. The fraction of sp³-hybridized carbons (Fsp3) is 0.122. The first-order valence-electron chi connectivity index (χ1n) is 15.4. The first kappa shape index (κ1) is 25.2. The third-order valence-corrected chi connectivity index (χ3v) is 9.83. The van der Waals surface area contributed by atoms with E-state index in [1.54, 1.807) is 0 Å². The zero-order chi connectivity index (χ0) is 29.9. The van der Waals surface area contributed by atoms with Gasteiger partial charge in [0.15, 0.2) is 0 Å². The number of benzene rings is 6. The normalized spacial score (nSPS) is 12.2. The lowest BCUT2D eigenvalue weighted by Gasteiger charge is -2.10. The van der Waals surface area contributed by atoms with Crippen molar-refractivity contribution < 1.29 is 0 Å². The van der Waals surface area contributed by atoms with Crippen LogP contribution >= 0.6 is 0 Å². The highest BCUT2D eigenvalue weighted by molar-refractivity contribution is 6.22. The zero-order valence-corrected chi connectivity index (χ0v) is 25.7. The van der Waals surface area contributed by atoms with Crippen LogP contribution in [0.4, 0.5) is 0 Å². The van der Waals surface area contributed by atoms with Gasteiger partial charge < -0.3 is 13.7 Å². The molecule has 0 radical (unpaired) electrons. The summed E-state index contributed by atoms with van der Waals surface area (Å²) in [7, 11) is 4.36. The van der Waals surface area contributed by atoms with Gasteiger partial charge in [0.2, 0.25) is 0 Å². The quantitative estimate of drug-likeness (QED) is 0.197. The molecule has 0 unspecified atom stereocenters. The van der Waals surface area contributed by atoms with E-state index in [-0.39, 0.29) is 0 Å². The van der Waals surface area contributed by atoms with Gasteiger partial charge in [-0.2, -0.15) is 0 Å². The second-order valence-electron chi connectivity index (χ2n) is 12.6. The lowest BCUT2D eigenvalue weighted by Crippen LogP contribution is -1.94. The Labute approximate surface area is 256 Å². The molecule has 3 heteroatoms. The van der Waals surface area contributed by atoms with E-state index in [1.807, 2.05) is 0 Å². The summed E-state index contributed by atoms with van der Waals surface area (Å²) in [6.07, 6.45) is 0. The van der Waals surface area contributed by atoms with Crippen LogP contribution in [-0.2, 0) is 14.1 Å². The fourth-order valence-corrected chi connectivity index (χ4v) is 7.75. The summed E-state index contributed by atoms with van der Waals surface area (Å²) in [6, 6.07) is 41.1. The van der Waals surface area contributed by atoms with E-state index < -0.39 is 0 Å². The molecule has 0 aliphatic carbocycles. The number of aryl methyl sites for hydroxylation is 5. The molecule has 0 aliphatic heterocycles. The van der Waals surface area contributed by atoms with E-state index in [0.29, 0.717) is 0 Å². The Morgan fingerprint density at radius 2 is 0.841 bits per heavy atom.